The zero-order valence-electron chi connectivity index (χ0n) is 24.2. The van der Waals surface area contributed by atoms with Crippen molar-refractivity contribution in [2.45, 2.75) is 91.0 Å². The molecule has 2 aliphatic rings. The van der Waals surface area contributed by atoms with Crippen LogP contribution in [-0.2, 0) is 5.41 Å². The number of hydrogen-bond acceptors (Lipinski definition) is 1. The van der Waals surface area contributed by atoms with Gasteiger partial charge in [-0.15, -0.1) is 0 Å². The first-order valence-electron chi connectivity index (χ1n) is 14.4. The maximum absolute atomic E-state index is 2.78. The van der Waals surface area contributed by atoms with Crippen LogP contribution in [0.4, 0.5) is 5.69 Å². The highest BCUT2D eigenvalue weighted by molar-refractivity contribution is 6.10. The monoisotopic (exact) mass is 493 g/mol. The molecule has 2 nitrogen and oxygen atoms in total. The molecule has 0 amide bonds. The molecule has 0 N–H and O–H groups in total. The molecular formula is C35H45N2+. The molecule has 2 heteroatoms. The van der Waals surface area contributed by atoms with Crippen LogP contribution in [0.3, 0.4) is 0 Å². The number of nitrogens with zero attached hydrogens (tertiary/aromatic N) is 2. The van der Waals surface area contributed by atoms with E-state index in [0.29, 0.717) is 11.8 Å². The topological polar surface area (TPSA) is 6.25 Å². The van der Waals surface area contributed by atoms with Crippen molar-refractivity contribution in [1.82, 2.24) is 0 Å². The molecule has 0 saturated carbocycles. The highest BCUT2D eigenvalue weighted by Crippen LogP contribution is 2.50. The molecule has 2 heterocycles. The Morgan fingerprint density at radius 3 is 1.95 bits per heavy atom. The van der Waals surface area contributed by atoms with Gasteiger partial charge in [-0.2, -0.15) is 0 Å². The molecule has 37 heavy (non-hydrogen) atoms. The molecule has 0 aliphatic carbocycles. The molecule has 5 rings (SSSR count). The van der Waals surface area contributed by atoms with Gasteiger partial charge in [-0.3, -0.25) is 4.58 Å². The third-order valence-corrected chi connectivity index (χ3v) is 9.79. The highest BCUT2D eigenvalue weighted by Gasteiger charge is 2.58. The van der Waals surface area contributed by atoms with Crippen LogP contribution in [-0.4, -0.2) is 29.0 Å². The standard InChI is InChI=1S/C35H45N2/c1-9-34(7)31-19-15-14-18-28(31)33-36(20-21-37(33)35(34,8)10-2)32-29(24(3)4)22-27(23-30(32)25(5)6)26-16-12-11-13-17-26/h11-19,22-25H,9-10,20-21H2,1-8H3/q+1. The molecule has 2 aliphatic heterocycles. The fourth-order valence-electron chi connectivity index (χ4n) is 7.12. The molecule has 0 aromatic heterocycles. The van der Waals surface area contributed by atoms with Crippen LogP contribution < -0.4 is 4.90 Å². The summed E-state index contributed by atoms with van der Waals surface area (Å²) in [6.45, 7) is 21.3. The second kappa shape index (κ2) is 9.46. The minimum absolute atomic E-state index is 0.0696. The van der Waals surface area contributed by atoms with Gasteiger partial charge in [0.2, 0.25) is 0 Å². The van der Waals surface area contributed by atoms with E-state index in [9.17, 15) is 0 Å². The zero-order valence-corrected chi connectivity index (χ0v) is 24.2. The summed E-state index contributed by atoms with van der Waals surface area (Å²) in [4.78, 5) is 2.70. The summed E-state index contributed by atoms with van der Waals surface area (Å²) in [5, 5.41) is 0. The van der Waals surface area contributed by atoms with Gasteiger partial charge in [0.1, 0.15) is 24.3 Å². The SMILES string of the molecule is CCC1(C)c2ccccc2C2=[N+](CCN2c2c(C(C)C)cc(-c3ccccc3)cc2C(C)C)C1(C)CC. The molecule has 2 unspecified atom stereocenters. The van der Waals surface area contributed by atoms with Crippen LogP contribution in [0.1, 0.15) is 102 Å². The van der Waals surface area contributed by atoms with Gasteiger partial charge in [0.25, 0.3) is 5.84 Å². The number of benzene rings is 3. The lowest BCUT2D eigenvalue weighted by Gasteiger charge is -2.49. The number of amidine groups is 1. The Kier molecular flexibility index (Phi) is 6.59. The minimum Gasteiger partial charge on any atom is -0.251 e. The molecule has 0 saturated heterocycles. The molecule has 2 atom stereocenters. The van der Waals surface area contributed by atoms with Crippen LogP contribution in [0, 0.1) is 0 Å². The van der Waals surface area contributed by atoms with Crippen molar-refractivity contribution in [3.8, 4) is 11.1 Å². The van der Waals surface area contributed by atoms with Crippen LogP contribution in [0.15, 0.2) is 66.7 Å². The van der Waals surface area contributed by atoms with E-state index in [1.54, 1.807) is 0 Å². The maximum atomic E-state index is 2.78. The average Bonchev–Trinajstić information content (AvgIpc) is 3.37. The lowest BCUT2D eigenvalue weighted by Crippen LogP contribution is -2.59. The van der Waals surface area contributed by atoms with E-state index in [2.05, 4.69) is 132 Å². The smallest absolute Gasteiger partial charge is 0.251 e. The second-order valence-electron chi connectivity index (χ2n) is 12.2. The summed E-state index contributed by atoms with van der Waals surface area (Å²) in [5.41, 5.74) is 10.1. The first-order valence-corrected chi connectivity index (χ1v) is 14.4. The van der Waals surface area contributed by atoms with E-state index in [-0.39, 0.29) is 11.0 Å². The Morgan fingerprint density at radius 1 is 0.784 bits per heavy atom. The van der Waals surface area contributed by atoms with E-state index < -0.39 is 0 Å². The molecule has 0 radical (unpaired) electrons. The third-order valence-electron chi connectivity index (χ3n) is 9.79. The van der Waals surface area contributed by atoms with Crippen LogP contribution in [0.5, 0.6) is 0 Å². The van der Waals surface area contributed by atoms with E-state index in [4.69, 9.17) is 0 Å². The van der Waals surface area contributed by atoms with Gasteiger partial charge in [-0.1, -0.05) is 97.0 Å². The number of fused-ring (bicyclic) bond motifs is 2. The molecule has 0 bridgehead atoms. The summed E-state index contributed by atoms with van der Waals surface area (Å²) >= 11 is 0. The summed E-state index contributed by atoms with van der Waals surface area (Å²) in [6, 6.07) is 25.1. The van der Waals surface area contributed by atoms with E-state index in [1.165, 1.54) is 44.9 Å². The lowest BCUT2D eigenvalue weighted by molar-refractivity contribution is -0.612. The van der Waals surface area contributed by atoms with Crippen molar-refractivity contribution < 1.29 is 4.58 Å². The van der Waals surface area contributed by atoms with E-state index in [1.807, 2.05) is 0 Å². The summed E-state index contributed by atoms with van der Waals surface area (Å²) in [6.07, 6.45) is 2.27. The van der Waals surface area contributed by atoms with Crippen LogP contribution in [0.25, 0.3) is 11.1 Å². The van der Waals surface area contributed by atoms with Crippen molar-refractivity contribution in [3.05, 3.63) is 89.0 Å². The zero-order chi connectivity index (χ0) is 26.5. The van der Waals surface area contributed by atoms with E-state index >= 15 is 0 Å². The number of rotatable bonds is 6. The fraction of sp³-hybridized carbons (Fsp3) is 0.457. The molecular weight excluding hydrogens is 448 g/mol. The van der Waals surface area contributed by atoms with Crippen LogP contribution in [0.2, 0.25) is 0 Å². The molecule has 0 fully saturated rings. The van der Waals surface area contributed by atoms with E-state index in [0.717, 1.165) is 25.9 Å². The summed E-state index contributed by atoms with van der Waals surface area (Å²) in [5.74, 6) is 2.29. The van der Waals surface area contributed by atoms with Crippen molar-refractivity contribution in [3.63, 3.8) is 0 Å². The molecule has 3 aromatic rings. The third kappa shape index (κ3) is 3.78. The fourth-order valence-corrected chi connectivity index (χ4v) is 7.12. The second-order valence-corrected chi connectivity index (χ2v) is 12.2. The molecule has 0 spiro atoms. The number of anilines is 1. The summed E-state index contributed by atoms with van der Waals surface area (Å²) < 4.78 is 2.78. The van der Waals surface area contributed by atoms with Gasteiger partial charge in [0.05, 0.1) is 5.56 Å². The quantitative estimate of drug-likeness (QED) is 0.311. The largest absolute Gasteiger partial charge is 0.285 e. The van der Waals surface area contributed by atoms with Crippen molar-refractivity contribution in [1.29, 1.82) is 0 Å². The van der Waals surface area contributed by atoms with Crippen LogP contribution >= 0.6 is 0 Å². The Bertz CT molecular complexity index is 1300. The Balaban J connectivity index is 1.79. The van der Waals surface area contributed by atoms with Gasteiger partial charge < -0.3 is 0 Å². The first-order chi connectivity index (χ1) is 17.7. The predicted octanol–water partition coefficient (Wildman–Crippen LogP) is 8.73. The highest BCUT2D eigenvalue weighted by atomic mass is 15.3. The Labute approximate surface area is 225 Å². The maximum Gasteiger partial charge on any atom is 0.285 e. The van der Waals surface area contributed by atoms with Gasteiger partial charge >= 0.3 is 0 Å². The minimum atomic E-state index is 0.0696. The predicted molar refractivity (Wildman–Crippen MR) is 159 cm³/mol. The molecule has 3 aromatic carbocycles. The molecule has 194 valence electrons. The van der Waals surface area contributed by atoms with Gasteiger partial charge in [-0.05, 0) is 66.5 Å². The average molecular weight is 494 g/mol. The van der Waals surface area contributed by atoms with Crippen molar-refractivity contribution in [2.75, 3.05) is 18.0 Å². The van der Waals surface area contributed by atoms with Gasteiger partial charge in [0.15, 0.2) is 0 Å². The Morgan fingerprint density at radius 2 is 1.38 bits per heavy atom. The van der Waals surface area contributed by atoms with Gasteiger partial charge in [-0.25, -0.2) is 4.90 Å². The Hall–Kier alpha value is -2.87. The number of hydrogen-bond donors (Lipinski definition) is 0. The normalized spacial score (nSPS) is 23.1. The van der Waals surface area contributed by atoms with Crippen molar-refractivity contribution in [2.24, 2.45) is 0 Å². The van der Waals surface area contributed by atoms with Crippen molar-refractivity contribution >= 4 is 11.5 Å². The first kappa shape index (κ1) is 25.8. The van der Waals surface area contributed by atoms with Gasteiger partial charge in [0, 0.05) is 16.5 Å². The lowest BCUT2D eigenvalue weighted by atomic mass is 9.61. The summed E-state index contributed by atoms with van der Waals surface area (Å²) in [7, 11) is 0.